The Morgan fingerprint density at radius 2 is 1.04 bits per heavy atom. The van der Waals surface area contributed by atoms with Crippen molar-refractivity contribution < 1.29 is 5.11 Å². The van der Waals surface area contributed by atoms with Crippen molar-refractivity contribution in [3.63, 3.8) is 0 Å². The highest BCUT2D eigenvalue weighted by molar-refractivity contribution is 6.89. The van der Waals surface area contributed by atoms with Crippen molar-refractivity contribution in [2.24, 2.45) is 0 Å². The summed E-state index contributed by atoms with van der Waals surface area (Å²) in [6.07, 6.45) is 0. The number of hydrogen-bond acceptors (Lipinski definition) is 1. The van der Waals surface area contributed by atoms with Gasteiger partial charge in [-0.05, 0) is 89.8 Å². The third kappa shape index (κ3) is 1.99. The lowest BCUT2D eigenvalue weighted by molar-refractivity contribution is 0.283. The number of fused-ring (bicyclic) bond motifs is 9. The van der Waals surface area contributed by atoms with Crippen LogP contribution in [0.4, 0.5) is 0 Å². The second kappa shape index (κ2) is 5.22. The quantitative estimate of drug-likeness (QED) is 0.347. The van der Waals surface area contributed by atoms with Gasteiger partial charge >= 0.3 is 0 Å². The minimum Gasteiger partial charge on any atom is -0.392 e. The average molecular weight is 379 g/mol. The van der Waals surface area contributed by atoms with E-state index in [0.29, 0.717) is 0 Å². The maximum Gasteiger partial charge on any atom is 0.0781 e. The fourth-order valence-electron chi connectivity index (χ4n) is 4.97. The highest BCUT2D eigenvalue weighted by atomic mass is 28.3. The molecule has 0 bridgehead atoms. The predicted molar refractivity (Wildman–Crippen MR) is 125 cm³/mol. The van der Waals surface area contributed by atoms with E-state index < -0.39 is 8.07 Å². The van der Waals surface area contributed by atoms with Crippen LogP contribution < -0.4 is 5.19 Å². The van der Waals surface area contributed by atoms with Gasteiger partial charge in [0.2, 0.25) is 0 Å². The molecule has 0 unspecified atom stereocenters. The van der Waals surface area contributed by atoms with Crippen LogP contribution in [-0.4, -0.2) is 13.2 Å². The van der Waals surface area contributed by atoms with E-state index >= 15 is 0 Å². The summed E-state index contributed by atoms with van der Waals surface area (Å²) in [7, 11) is -1.50. The second-order valence-electron chi connectivity index (χ2n) is 9.15. The fraction of sp³-hybridized carbons (Fsp3) is 0.154. The predicted octanol–water partition coefficient (Wildman–Crippen LogP) is 6.37. The van der Waals surface area contributed by atoms with Gasteiger partial charge in [-0.3, -0.25) is 0 Å². The van der Waals surface area contributed by atoms with Crippen molar-refractivity contribution in [1.29, 1.82) is 0 Å². The summed E-state index contributed by atoms with van der Waals surface area (Å²) in [5, 5.41) is 24.8. The van der Waals surface area contributed by atoms with Crippen LogP contribution in [0.15, 0.2) is 60.7 Å². The molecule has 136 valence electrons. The van der Waals surface area contributed by atoms with Crippen molar-refractivity contribution in [2.75, 3.05) is 0 Å². The van der Waals surface area contributed by atoms with Gasteiger partial charge in [0.15, 0.2) is 0 Å². The molecule has 1 N–H and O–H groups in total. The van der Waals surface area contributed by atoms with Gasteiger partial charge in [0.1, 0.15) is 0 Å². The highest BCUT2D eigenvalue weighted by Crippen LogP contribution is 2.45. The molecule has 0 aromatic heterocycles. The molecular formula is C26H22OSi. The Balaban J connectivity index is 1.67. The number of aliphatic hydroxyl groups is 1. The largest absolute Gasteiger partial charge is 0.392 e. The Kier molecular flexibility index (Phi) is 3.04. The summed E-state index contributed by atoms with van der Waals surface area (Å²) in [4.78, 5) is 0. The first-order chi connectivity index (χ1) is 13.5. The van der Waals surface area contributed by atoms with Crippen LogP contribution >= 0.6 is 0 Å². The molecule has 6 aromatic rings. The Labute approximate surface area is 164 Å². The van der Waals surface area contributed by atoms with Crippen LogP contribution in [0.25, 0.3) is 53.9 Å². The smallest absolute Gasteiger partial charge is 0.0781 e. The molecule has 0 aliphatic carbocycles. The maximum atomic E-state index is 9.93. The van der Waals surface area contributed by atoms with E-state index in [1.807, 2.05) is 0 Å². The molecule has 1 nitrogen and oxygen atoms in total. The Morgan fingerprint density at radius 3 is 1.50 bits per heavy atom. The van der Waals surface area contributed by atoms with Crippen LogP contribution in [0.5, 0.6) is 0 Å². The minimum atomic E-state index is -1.50. The minimum absolute atomic E-state index is 0.127. The van der Waals surface area contributed by atoms with E-state index in [-0.39, 0.29) is 6.61 Å². The van der Waals surface area contributed by atoms with E-state index in [1.165, 1.54) is 59.0 Å². The Hall–Kier alpha value is -2.68. The molecule has 0 amide bonds. The molecule has 0 aliphatic rings. The lowest BCUT2D eigenvalue weighted by Gasteiger charge is -2.24. The monoisotopic (exact) mass is 378 g/mol. The molecule has 0 atom stereocenters. The summed E-state index contributed by atoms with van der Waals surface area (Å²) >= 11 is 0. The van der Waals surface area contributed by atoms with Crippen LogP contribution in [0, 0.1) is 0 Å². The third-order valence-corrected chi connectivity index (χ3v) is 8.51. The molecule has 6 rings (SSSR count). The lowest BCUT2D eigenvalue weighted by atomic mass is 9.85. The van der Waals surface area contributed by atoms with Gasteiger partial charge in [0, 0.05) is 0 Å². The normalized spacial score (nSPS) is 13.1. The topological polar surface area (TPSA) is 20.2 Å². The summed E-state index contributed by atoms with van der Waals surface area (Å²) < 4.78 is 0. The van der Waals surface area contributed by atoms with Crippen molar-refractivity contribution in [2.45, 2.75) is 26.2 Å². The standard InChI is InChI=1S/C26H22OSi/c1-28(2,3)26-13-25-20(10-17(26)14-27)23-11-21-18-8-15-6-4-5-7-16(15)9-19(18)22(21)12-24(23)25/h4-13,27H,14H2,1-3H3. The third-order valence-electron chi connectivity index (χ3n) is 6.43. The van der Waals surface area contributed by atoms with Crippen LogP contribution in [0.1, 0.15) is 5.56 Å². The molecule has 0 fully saturated rings. The lowest BCUT2D eigenvalue weighted by Crippen LogP contribution is -2.40. The zero-order chi connectivity index (χ0) is 19.2. The van der Waals surface area contributed by atoms with E-state index in [2.05, 4.69) is 80.3 Å². The van der Waals surface area contributed by atoms with E-state index in [0.717, 1.165) is 5.56 Å². The summed E-state index contributed by atoms with van der Waals surface area (Å²) in [6.45, 7) is 7.19. The number of aliphatic hydroxyl groups excluding tert-OH is 1. The highest BCUT2D eigenvalue weighted by Gasteiger charge is 2.24. The van der Waals surface area contributed by atoms with Crippen molar-refractivity contribution in [1.82, 2.24) is 0 Å². The molecule has 6 aromatic carbocycles. The van der Waals surface area contributed by atoms with Gasteiger partial charge < -0.3 is 5.11 Å². The molecular weight excluding hydrogens is 356 g/mol. The van der Waals surface area contributed by atoms with Gasteiger partial charge in [-0.25, -0.2) is 0 Å². The number of rotatable bonds is 2. The first kappa shape index (κ1) is 16.3. The first-order valence-electron chi connectivity index (χ1n) is 9.96. The molecule has 0 saturated carbocycles. The average Bonchev–Trinajstić information content (AvgIpc) is 2.67. The summed E-state index contributed by atoms with van der Waals surface area (Å²) in [5.74, 6) is 0. The fourth-order valence-corrected chi connectivity index (χ4v) is 6.66. The molecule has 2 heteroatoms. The zero-order valence-electron chi connectivity index (χ0n) is 16.4. The molecule has 0 spiro atoms. The van der Waals surface area contributed by atoms with Crippen LogP contribution in [0.3, 0.4) is 0 Å². The van der Waals surface area contributed by atoms with Gasteiger partial charge in [0.05, 0.1) is 14.7 Å². The number of benzene rings is 4. The SMILES string of the molecule is C[Si](C)(C)c1cc2c(cc1CO)c1cc3c4cc5ccccc5cc4c3cc21. The Bertz CT molecular complexity index is 1520. The van der Waals surface area contributed by atoms with Crippen molar-refractivity contribution in [3.8, 4) is 0 Å². The van der Waals surface area contributed by atoms with E-state index in [1.54, 1.807) is 0 Å². The molecule has 0 heterocycles. The number of hydrogen-bond donors (Lipinski definition) is 1. The molecule has 0 radical (unpaired) electrons. The van der Waals surface area contributed by atoms with Crippen LogP contribution in [0.2, 0.25) is 19.6 Å². The first-order valence-corrected chi connectivity index (χ1v) is 13.5. The van der Waals surface area contributed by atoms with Crippen molar-refractivity contribution in [3.05, 3.63) is 66.2 Å². The van der Waals surface area contributed by atoms with Gasteiger partial charge in [-0.2, -0.15) is 0 Å². The van der Waals surface area contributed by atoms with Gasteiger partial charge in [0.25, 0.3) is 0 Å². The Morgan fingerprint density at radius 1 is 0.607 bits per heavy atom. The zero-order valence-corrected chi connectivity index (χ0v) is 17.4. The van der Waals surface area contributed by atoms with Gasteiger partial charge in [-0.15, -0.1) is 0 Å². The van der Waals surface area contributed by atoms with E-state index in [4.69, 9.17) is 0 Å². The summed E-state index contributed by atoms with van der Waals surface area (Å²) in [5.41, 5.74) is 1.11. The molecule has 0 aliphatic heterocycles. The molecule has 0 saturated heterocycles. The van der Waals surface area contributed by atoms with Crippen molar-refractivity contribution >= 4 is 67.1 Å². The van der Waals surface area contributed by atoms with Gasteiger partial charge in [-0.1, -0.05) is 55.2 Å². The van der Waals surface area contributed by atoms with E-state index in [9.17, 15) is 5.11 Å². The molecule has 28 heavy (non-hydrogen) atoms. The van der Waals surface area contributed by atoms with Crippen LogP contribution in [-0.2, 0) is 6.61 Å². The second-order valence-corrected chi connectivity index (χ2v) is 14.2. The summed E-state index contributed by atoms with van der Waals surface area (Å²) in [6, 6.07) is 22.6. The maximum absolute atomic E-state index is 9.93.